The molecule has 1 amide bonds. The fraction of sp³-hybridized carbons (Fsp3) is 0.917. The molecule has 94 valence electrons. The zero-order chi connectivity index (χ0) is 11.8. The minimum Gasteiger partial charge on any atom is -0.393 e. The molecule has 1 aliphatic rings. The number of amides is 1. The quantitative estimate of drug-likeness (QED) is 0.702. The summed E-state index contributed by atoms with van der Waals surface area (Å²) in [4.78, 5) is 11.4. The summed E-state index contributed by atoms with van der Waals surface area (Å²) in [7, 11) is 0. The summed E-state index contributed by atoms with van der Waals surface area (Å²) in [6.45, 7) is 2.86. The van der Waals surface area contributed by atoms with Crippen molar-refractivity contribution in [2.24, 2.45) is 5.92 Å². The van der Waals surface area contributed by atoms with Gasteiger partial charge in [-0.15, -0.1) is 0 Å². The van der Waals surface area contributed by atoms with Gasteiger partial charge in [0.2, 0.25) is 5.91 Å². The molecule has 0 aromatic heterocycles. The fourth-order valence-corrected chi connectivity index (χ4v) is 2.79. The summed E-state index contributed by atoms with van der Waals surface area (Å²) in [6.07, 6.45) is 4.97. The molecule has 1 rings (SSSR count). The van der Waals surface area contributed by atoms with E-state index in [1.54, 1.807) is 11.8 Å². The summed E-state index contributed by atoms with van der Waals surface area (Å²) in [5.41, 5.74) is 0. The van der Waals surface area contributed by atoms with E-state index in [2.05, 4.69) is 12.2 Å². The molecular formula is C12H23NO2S. The summed E-state index contributed by atoms with van der Waals surface area (Å²) in [5, 5.41) is 12.5. The van der Waals surface area contributed by atoms with Gasteiger partial charge in [0.15, 0.2) is 0 Å². The van der Waals surface area contributed by atoms with Gasteiger partial charge >= 0.3 is 0 Å². The van der Waals surface area contributed by atoms with Gasteiger partial charge in [-0.05, 0) is 37.4 Å². The van der Waals surface area contributed by atoms with E-state index in [0.29, 0.717) is 11.7 Å². The van der Waals surface area contributed by atoms with Crippen molar-refractivity contribution in [1.82, 2.24) is 5.32 Å². The molecule has 0 aliphatic heterocycles. The second kappa shape index (κ2) is 7.96. The molecule has 0 heterocycles. The summed E-state index contributed by atoms with van der Waals surface area (Å²) in [6, 6.07) is 0. The number of rotatable bonds is 6. The first-order chi connectivity index (χ1) is 7.72. The van der Waals surface area contributed by atoms with E-state index in [1.807, 2.05) is 0 Å². The molecule has 1 saturated carbocycles. The van der Waals surface area contributed by atoms with Crippen LogP contribution in [-0.2, 0) is 4.79 Å². The second-order valence-corrected chi connectivity index (χ2v) is 5.65. The van der Waals surface area contributed by atoms with Gasteiger partial charge in [0.1, 0.15) is 0 Å². The van der Waals surface area contributed by atoms with Crippen LogP contribution < -0.4 is 5.32 Å². The maximum absolute atomic E-state index is 11.4. The lowest BCUT2D eigenvalue weighted by Gasteiger charge is -2.25. The highest BCUT2D eigenvalue weighted by Crippen LogP contribution is 2.23. The van der Waals surface area contributed by atoms with Gasteiger partial charge in [-0.3, -0.25) is 4.79 Å². The number of hydrogen-bond acceptors (Lipinski definition) is 3. The topological polar surface area (TPSA) is 49.3 Å². The first-order valence-electron chi connectivity index (χ1n) is 6.25. The minimum atomic E-state index is -0.148. The average molecular weight is 245 g/mol. The predicted molar refractivity (Wildman–Crippen MR) is 68.6 cm³/mol. The van der Waals surface area contributed by atoms with Crippen molar-refractivity contribution >= 4 is 17.7 Å². The summed E-state index contributed by atoms with van der Waals surface area (Å²) < 4.78 is 0. The Kier molecular flexibility index (Phi) is 6.88. The van der Waals surface area contributed by atoms with E-state index in [4.69, 9.17) is 0 Å². The van der Waals surface area contributed by atoms with Crippen molar-refractivity contribution in [3.63, 3.8) is 0 Å². The average Bonchev–Trinajstić information content (AvgIpc) is 2.27. The van der Waals surface area contributed by atoms with Crippen LogP contribution in [0, 0.1) is 5.92 Å². The standard InChI is InChI=1S/C12H23NO2S/c1-2-6-16-9-12(15)13-8-10-4-3-5-11(14)7-10/h10-11,14H,2-9H2,1H3,(H,13,15). The molecule has 0 radical (unpaired) electrons. The van der Waals surface area contributed by atoms with Gasteiger partial charge in [0, 0.05) is 6.54 Å². The number of aliphatic hydroxyl groups is 1. The van der Waals surface area contributed by atoms with Crippen LogP contribution in [0.3, 0.4) is 0 Å². The van der Waals surface area contributed by atoms with E-state index in [-0.39, 0.29) is 12.0 Å². The Bertz CT molecular complexity index is 211. The van der Waals surface area contributed by atoms with Crippen LogP contribution >= 0.6 is 11.8 Å². The highest BCUT2D eigenvalue weighted by Gasteiger charge is 2.20. The third-order valence-electron chi connectivity index (χ3n) is 2.92. The Morgan fingerprint density at radius 3 is 3.00 bits per heavy atom. The zero-order valence-electron chi connectivity index (χ0n) is 10.1. The van der Waals surface area contributed by atoms with Gasteiger partial charge in [0.05, 0.1) is 11.9 Å². The summed E-state index contributed by atoms with van der Waals surface area (Å²) in [5.74, 6) is 2.24. The zero-order valence-corrected chi connectivity index (χ0v) is 10.9. The van der Waals surface area contributed by atoms with Gasteiger partial charge in [-0.25, -0.2) is 0 Å². The van der Waals surface area contributed by atoms with Crippen molar-refractivity contribution < 1.29 is 9.90 Å². The number of carbonyl (C=O) groups is 1. The SMILES string of the molecule is CCCSCC(=O)NCC1CCCC(O)C1. The van der Waals surface area contributed by atoms with Crippen LogP contribution in [-0.4, -0.2) is 35.2 Å². The van der Waals surface area contributed by atoms with Crippen LogP contribution in [0.5, 0.6) is 0 Å². The van der Waals surface area contributed by atoms with Gasteiger partial charge in [-0.2, -0.15) is 11.8 Å². The number of nitrogens with one attached hydrogen (secondary N) is 1. The van der Waals surface area contributed by atoms with Crippen molar-refractivity contribution in [3.8, 4) is 0 Å². The predicted octanol–water partition coefficient (Wildman–Crippen LogP) is 1.80. The van der Waals surface area contributed by atoms with Gasteiger partial charge in [-0.1, -0.05) is 13.3 Å². The molecule has 1 fully saturated rings. The van der Waals surface area contributed by atoms with E-state index in [1.165, 1.54) is 0 Å². The molecule has 4 heteroatoms. The molecule has 16 heavy (non-hydrogen) atoms. The first kappa shape index (κ1) is 13.8. The lowest BCUT2D eigenvalue weighted by molar-refractivity contribution is -0.118. The second-order valence-electron chi connectivity index (χ2n) is 4.54. The summed E-state index contributed by atoms with van der Waals surface area (Å²) >= 11 is 1.69. The molecule has 2 N–H and O–H groups in total. The lowest BCUT2D eigenvalue weighted by atomic mass is 9.87. The Hall–Kier alpha value is -0.220. The Labute approximate surface area is 102 Å². The molecule has 1 aliphatic carbocycles. The molecule has 2 unspecified atom stereocenters. The normalized spacial score (nSPS) is 25.4. The molecule has 0 spiro atoms. The third-order valence-corrected chi connectivity index (χ3v) is 4.09. The van der Waals surface area contributed by atoms with Crippen LogP contribution in [0.1, 0.15) is 39.0 Å². The van der Waals surface area contributed by atoms with Crippen LogP contribution in [0.15, 0.2) is 0 Å². The maximum Gasteiger partial charge on any atom is 0.230 e. The van der Waals surface area contributed by atoms with Gasteiger partial charge in [0.25, 0.3) is 0 Å². The van der Waals surface area contributed by atoms with E-state index < -0.39 is 0 Å². The number of thioether (sulfide) groups is 1. The fourth-order valence-electron chi connectivity index (χ4n) is 2.07. The lowest BCUT2D eigenvalue weighted by Crippen LogP contribution is -2.33. The van der Waals surface area contributed by atoms with Crippen LogP contribution in [0.25, 0.3) is 0 Å². The Morgan fingerprint density at radius 2 is 2.31 bits per heavy atom. The van der Waals surface area contributed by atoms with Crippen molar-refractivity contribution in [2.75, 3.05) is 18.1 Å². The van der Waals surface area contributed by atoms with Gasteiger partial charge < -0.3 is 10.4 Å². The van der Waals surface area contributed by atoms with Crippen molar-refractivity contribution in [3.05, 3.63) is 0 Å². The van der Waals surface area contributed by atoms with E-state index >= 15 is 0 Å². The first-order valence-corrected chi connectivity index (χ1v) is 7.40. The molecule has 0 aromatic rings. The number of hydrogen-bond donors (Lipinski definition) is 2. The Balaban J connectivity index is 2.06. The third kappa shape index (κ3) is 5.75. The maximum atomic E-state index is 11.4. The molecule has 2 atom stereocenters. The number of carbonyl (C=O) groups excluding carboxylic acids is 1. The Morgan fingerprint density at radius 1 is 1.50 bits per heavy atom. The monoisotopic (exact) mass is 245 g/mol. The molecule has 0 bridgehead atoms. The van der Waals surface area contributed by atoms with E-state index in [9.17, 15) is 9.90 Å². The van der Waals surface area contributed by atoms with E-state index in [0.717, 1.165) is 44.4 Å². The molecule has 0 saturated heterocycles. The smallest absolute Gasteiger partial charge is 0.230 e. The van der Waals surface area contributed by atoms with Crippen molar-refractivity contribution in [1.29, 1.82) is 0 Å². The molecule has 0 aromatic carbocycles. The largest absolute Gasteiger partial charge is 0.393 e. The highest BCUT2D eigenvalue weighted by molar-refractivity contribution is 7.99. The molecule has 3 nitrogen and oxygen atoms in total. The molecular weight excluding hydrogens is 222 g/mol. The van der Waals surface area contributed by atoms with Crippen LogP contribution in [0.4, 0.5) is 0 Å². The van der Waals surface area contributed by atoms with Crippen LogP contribution in [0.2, 0.25) is 0 Å². The van der Waals surface area contributed by atoms with Crippen molar-refractivity contribution in [2.45, 2.75) is 45.1 Å². The minimum absolute atomic E-state index is 0.138. The number of aliphatic hydroxyl groups excluding tert-OH is 1. The highest BCUT2D eigenvalue weighted by atomic mass is 32.2.